The molecule has 1 aliphatic heterocycles. The van der Waals surface area contributed by atoms with Gasteiger partial charge in [0.05, 0.1) is 12.4 Å². The zero-order valence-corrected chi connectivity index (χ0v) is 24.3. The second-order valence-corrected chi connectivity index (χ2v) is 14.8. The van der Waals surface area contributed by atoms with Crippen molar-refractivity contribution < 1.29 is 31.6 Å². The molecule has 4 rings (SSSR count). The van der Waals surface area contributed by atoms with Gasteiger partial charge in [-0.25, -0.2) is 27.3 Å². The van der Waals surface area contributed by atoms with Gasteiger partial charge in [0, 0.05) is 42.7 Å². The molecule has 1 saturated heterocycles. The lowest BCUT2D eigenvalue weighted by Gasteiger charge is -2.38. The van der Waals surface area contributed by atoms with Crippen molar-refractivity contribution in [3.63, 3.8) is 0 Å². The third kappa shape index (κ3) is 7.00. The van der Waals surface area contributed by atoms with Crippen molar-refractivity contribution in [3.8, 4) is 16.2 Å². The number of piperazine rings is 1. The van der Waals surface area contributed by atoms with Crippen LogP contribution in [0.1, 0.15) is 13.3 Å². The van der Waals surface area contributed by atoms with E-state index in [0.717, 1.165) is 25.5 Å². The number of amides is 1. The van der Waals surface area contributed by atoms with E-state index in [1.807, 2.05) is 19.1 Å². The van der Waals surface area contributed by atoms with Crippen molar-refractivity contribution in [1.29, 1.82) is 0 Å². The van der Waals surface area contributed by atoms with Gasteiger partial charge in [0.1, 0.15) is 16.0 Å². The van der Waals surface area contributed by atoms with Crippen LogP contribution in [0, 0.1) is 0 Å². The summed E-state index contributed by atoms with van der Waals surface area (Å²) in [6, 6.07) is 8.94. The molecule has 1 aromatic carbocycles. The first kappa shape index (κ1) is 29.5. The monoisotopic (exact) mass is 615 g/mol. The number of nitrogens with one attached hydrogen (secondary N) is 2. The maximum Gasteiger partial charge on any atom is 0.263 e. The second-order valence-electron chi connectivity index (χ2n) is 8.45. The van der Waals surface area contributed by atoms with Crippen molar-refractivity contribution in [3.05, 3.63) is 48.8 Å². The van der Waals surface area contributed by atoms with E-state index in [9.17, 15) is 26.8 Å². The van der Waals surface area contributed by atoms with Gasteiger partial charge in [0.25, 0.3) is 15.9 Å². The molecule has 1 fully saturated rings. The van der Waals surface area contributed by atoms with Crippen LogP contribution in [0.4, 0.5) is 0 Å². The summed E-state index contributed by atoms with van der Waals surface area (Å²) in [7, 11) is -7.94. The van der Waals surface area contributed by atoms with Crippen LogP contribution in [0.25, 0.3) is 10.4 Å². The number of H-pyrrole nitrogens is 1. The molecule has 39 heavy (non-hydrogen) atoms. The third-order valence-corrected chi connectivity index (χ3v) is 12.4. The van der Waals surface area contributed by atoms with Gasteiger partial charge in [-0.3, -0.25) is 10.0 Å². The first-order valence-corrected chi connectivity index (χ1v) is 16.9. The molecular formula is C23H29N5O7S4. The maximum absolute atomic E-state index is 13.6. The number of aromatic amines is 1. The molecule has 3 heterocycles. The van der Waals surface area contributed by atoms with Gasteiger partial charge in [-0.1, -0.05) is 11.8 Å². The fourth-order valence-electron chi connectivity index (χ4n) is 4.05. The highest BCUT2D eigenvalue weighted by atomic mass is 32.2. The minimum atomic E-state index is -4.17. The zero-order valence-electron chi connectivity index (χ0n) is 21.0. The van der Waals surface area contributed by atoms with Crippen molar-refractivity contribution in [2.75, 3.05) is 37.7 Å². The Balaban J connectivity index is 1.46. The lowest BCUT2D eigenvalue weighted by atomic mass is 10.2. The Morgan fingerprint density at radius 2 is 1.97 bits per heavy atom. The Morgan fingerprint density at radius 3 is 2.64 bits per heavy atom. The van der Waals surface area contributed by atoms with Crippen LogP contribution in [0.5, 0.6) is 5.75 Å². The molecule has 0 unspecified atom stereocenters. The molecule has 16 heteroatoms. The summed E-state index contributed by atoms with van der Waals surface area (Å²) in [6.45, 7) is 1.66. The standard InChI is InChI=1S/C23H29N5O7S4/c1-2-35-18-6-4-17(5-7-18)20-8-9-21(37-20)39(33,34)28-13-12-27(16-19(28)22(29)26-30)38(31,32)15-3-14-36-23-24-10-11-25-23/h4-11,19,30H,2-3,12-16H2,1H3,(H,24,25)(H,26,29)/t19-/m1/s1. The number of nitrogens with zero attached hydrogens (tertiary/aromatic N) is 3. The first-order valence-electron chi connectivity index (χ1n) is 12.0. The molecule has 2 aromatic heterocycles. The smallest absolute Gasteiger partial charge is 0.263 e. The SMILES string of the molecule is CCOc1ccc(-c2ccc(S(=O)(=O)N3CCN(S(=O)(=O)CCCSc4ncc[nH]4)C[C@@H]3C(=O)NO)s2)cc1. The lowest BCUT2D eigenvalue weighted by Crippen LogP contribution is -2.61. The minimum Gasteiger partial charge on any atom is -0.494 e. The highest BCUT2D eigenvalue weighted by molar-refractivity contribution is 7.99. The normalized spacial score (nSPS) is 17.2. The molecule has 1 atom stereocenters. The van der Waals surface area contributed by atoms with E-state index in [1.165, 1.54) is 23.3 Å². The number of aromatic nitrogens is 2. The molecule has 0 spiro atoms. The summed E-state index contributed by atoms with van der Waals surface area (Å²) in [5, 5.41) is 9.98. The van der Waals surface area contributed by atoms with E-state index < -0.39 is 38.5 Å². The molecule has 0 aliphatic carbocycles. The highest BCUT2D eigenvalue weighted by Crippen LogP contribution is 2.34. The van der Waals surface area contributed by atoms with Crippen LogP contribution >= 0.6 is 23.1 Å². The van der Waals surface area contributed by atoms with Gasteiger partial charge in [-0.05, 0) is 55.3 Å². The molecular weight excluding hydrogens is 587 g/mol. The van der Waals surface area contributed by atoms with E-state index >= 15 is 0 Å². The minimum absolute atomic E-state index is 0.00776. The summed E-state index contributed by atoms with van der Waals surface area (Å²) in [4.78, 5) is 20.2. The number of imidazole rings is 1. The average Bonchev–Trinajstić information content (AvgIpc) is 3.64. The molecule has 1 aliphatic rings. The molecule has 12 nitrogen and oxygen atoms in total. The summed E-state index contributed by atoms with van der Waals surface area (Å²) in [5.41, 5.74) is 2.29. The fourth-order valence-corrected chi connectivity index (χ4v) is 9.51. The summed E-state index contributed by atoms with van der Waals surface area (Å²) in [5.74, 6) is 0.0383. The largest absolute Gasteiger partial charge is 0.494 e. The Hall–Kier alpha value is -2.47. The van der Waals surface area contributed by atoms with E-state index in [2.05, 4.69) is 9.97 Å². The van der Waals surface area contributed by atoms with E-state index in [1.54, 1.807) is 30.6 Å². The van der Waals surface area contributed by atoms with Crippen molar-refractivity contribution in [2.24, 2.45) is 0 Å². The summed E-state index contributed by atoms with van der Waals surface area (Å²) >= 11 is 2.43. The number of thiophene rings is 1. The van der Waals surface area contributed by atoms with Gasteiger partial charge in [0.2, 0.25) is 10.0 Å². The topological polar surface area (TPSA) is 162 Å². The van der Waals surface area contributed by atoms with Crippen molar-refractivity contribution in [2.45, 2.75) is 28.8 Å². The Morgan fingerprint density at radius 1 is 1.21 bits per heavy atom. The molecule has 212 valence electrons. The number of ether oxygens (including phenoxy) is 1. The highest BCUT2D eigenvalue weighted by Gasteiger charge is 2.43. The Bertz CT molecular complexity index is 1460. The number of carbonyl (C=O) groups is 1. The number of thioether (sulfide) groups is 1. The molecule has 0 bridgehead atoms. The van der Waals surface area contributed by atoms with Gasteiger partial charge in [-0.2, -0.15) is 8.61 Å². The quantitative estimate of drug-likeness (QED) is 0.120. The number of hydrogen-bond acceptors (Lipinski definition) is 10. The van der Waals surface area contributed by atoms with E-state index in [4.69, 9.17) is 4.74 Å². The molecule has 3 N–H and O–H groups in total. The second kappa shape index (κ2) is 12.8. The van der Waals surface area contributed by atoms with E-state index in [-0.39, 0.29) is 23.1 Å². The van der Waals surface area contributed by atoms with Gasteiger partial charge >= 0.3 is 0 Å². The lowest BCUT2D eigenvalue weighted by molar-refractivity contribution is -0.134. The van der Waals surface area contributed by atoms with Gasteiger partial charge in [-0.15, -0.1) is 11.3 Å². The van der Waals surface area contributed by atoms with Crippen LogP contribution in [-0.4, -0.2) is 90.3 Å². The van der Waals surface area contributed by atoms with E-state index in [0.29, 0.717) is 34.6 Å². The predicted molar refractivity (Wildman–Crippen MR) is 148 cm³/mol. The first-order chi connectivity index (χ1) is 18.7. The molecule has 0 saturated carbocycles. The Labute approximate surface area is 235 Å². The van der Waals surface area contributed by atoms with Crippen LogP contribution in [0.15, 0.2) is 58.2 Å². The summed E-state index contributed by atoms with van der Waals surface area (Å²) < 4.78 is 60.6. The number of hydroxylamine groups is 1. The van der Waals surface area contributed by atoms with Crippen LogP contribution < -0.4 is 10.2 Å². The Kier molecular flexibility index (Phi) is 9.69. The number of benzene rings is 1. The average molecular weight is 616 g/mol. The number of carbonyl (C=O) groups excluding carboxylic acids is 1. The molecule has 3 aromatic rings. The zero-order chi connectivity index (χ0) is 28.0. The van der Waals surface area contributed by atoms with Crippen molar-refractivity contribution in [1.82, 2.24) is 24.1 Å². The van der Waals surface area contributed by atoms with Crippen LogP contribution in [0.2, 0.25) is 0 Å². The van der Waals surface area contributed by atoms with Crippen molar-refractivity contribution >= 4 is 49.1 Å². The fraction of sp³-hybridized carbons (Fsp3) is 0.391. The van der Waals surface area contributed by atoms with Crippen LogP contribution in [-0.2, 0) is 24.8 Å². The molecule has 0 radical (unpaired) electrons. The number of sulfonamides is 2. The van der Waals surface area contributed by atoms with Crippen LogP contribution in [0.3, 0.4) is 0 Å². The number of hydrogen-bond donors (Lipinski definition) is 3. The van der Waals surface area contributed by atoms with Gasteiger partial charge < -0.3 is 9.72 Å². The summed E-state index contributed by atoms with van der Waals surface area (Å²) in [6.07, 6.45) is 3.62. The maximum atomic E-state index is 13.6. The number of rotatable bonds is 12. The third-order valence-electron chi connectivity index (χ3n) is 5.95. The predicted octanol–water partition coefficient (Wildman–Crippen LogP) is 2.23. The molecule has 1 amide bonds. The van der Waals surface area contributed by atoms with Gasteiger partial charge in [0.15, 0.2) is 5.16 Å².